The summed E-state index contributed by atoms with van der Waals surface area (Å²) in [6.07, 6.45) is 4.62. The van der Waals surface area contributed by atoms with Gasteiger partial charge in [0.05, 0.1) is 12.7 Å². The van der Waals surface area contributed by atoms with Gasteiger partial charge in [0.1, 0.15) is 17.8 Å². The Labute approximate surface area is 149 Å². The van der Waals surface area contributed by atoms with Crippen molar-refractivity contribution in [1.82, 2.24) is 20.4 Å². The van der Waals surface area contributed by atoms with Gasteiger partial charge in [-0.3, -0.25) is 20.6 Å². The average molecular weight is 351 g/mol. The molecule has 3 rings (SSSR count). The molecule has 0 bridgehead atoms. The molecule has 0 atom stereocenters. The van der Waals surface area contributed by atoms with Gasteiger partial charge in [0.15, 0.2) is 11.6 Å². The highest BCUT2D eigenvalue weighted by molar-refractivity contribution is 5.97. The Morgan fingerprint density at radius 1 is 1.08 bits per heavy atom. The number of hydrazine groups is 1. The van der Waals surface area contributed by atoms with Gasteiger partial charge in [0, 0.05) is 18.1 Å². The number of nitrogen functional groups attached to an aromatic ring is 1. The molecule has 1 amide bonds. The Morgan fingerprint density at radius 2 is 1.81 bits per heavy atom. The van der Waals surface area contributed by atoms with Crippen molar-refractivity contribution in [1.29, 1.82) is 0 Å². The summed E-state index contributed by atoms with van der Waals surface area (Å²) in [5, 5.41) is 3.06. The molecular formula is C17H17N7O2. The number of methoxy groups -OCH3 is 1. The van der Waals surface area contributed by atoms with E-state index in [0.717, 1.165) is 5.69 Å². The van der Waals surface area contributed by atoms with Gasteiger partial charge in [-0.05, 0) is 24.3 Å². The molecule has 0 aliphatic rings. The highest BCUT2D eigenvalue weighted by atomic mass is 16.5. The normalized spacial score (nSPS) is 10.0. The summed E-state index contributed by atoms with van der Waals surface area (Å²) in [5.41, 5.74) is 12.7. The second kappa shape index (κ2) is 7.79. The van der Waals surface area contributed by atoms with E-state index in [4.69, 9.17) is 10.5 Å². The summed E-state index contributed by atoms with van der Waals surface area (Å²) in [6.45, 7) is 0. The molecule has 3 aromatic rings. The van der Waals surface area contributed by atoms with Crippen molar-refractivity contribution >= 4 is 28.9 Å². The third kappa shape index (κ3) is 3.78. The second-order valence-corrected chi connectivity index (χ2v) is 5.12. The molecular weight excluding hydrogens is 334 g/mol. The van der Waals surface area contributed by atoms with Crippen LogP contribution in [0.1, 0.15) is 10.4 Å². The van der Waals surface area contributed by atoms with E-state index in [9.17, 15) is 4.79 Å². The number of amides is 1. The number of pyridine rings is 1. The largest absolute Gasteiger partial charge is 0.496 e. The number of nitrogens with zero attached hydrogens (tertiary/aromatic N) is 3. The third-order valence-corrected chi connectivity index (χ3v) is 3.47. The highest BCUT2D eigenvalue weighted by Crippen LogP contribution is 2.25. The number of hydrogen-bond donors (Lipinski definition) is 4. The lowest BCUT2D eigenvalue weighted by Crippen LogP contribution is -2.30. The molecule has 0 aliphatic heterocycles. The van der Waals surface area contributed by atoms with Crippen molar-refractivity contribution in [2.75, 3.05) is 23.6 Å². The van der Waals surface area contributed by atoms with Crippen LogP contribution in [0.25, 0.3) is 0 Å². The van der Waals surface area contributed by atoms with Crippen molar-refractivity contribution in [3.8, 4) is 5.75 Å². The SMILES string of the molecule is COc1ccccc1C(=O)NNc1ncnc(Nc2ccncc2)c1N. The van der Waals surface area contributed by atoms with Crippen molar-refractivity contribution in [3.05, 3.63) is 60.7 Å². The zero-order chi connectivity index (χ0) is 18.4. The highest BCUT2D eigenvalue weighted by Gasteiger charge is 2.13. The van der Waals surface area contributed by atoms with Crippen LogP contribution < -0.4 is 26.6 Å². The fourth-order valence-electron chi connectivity index (χ4n) is 2.18. The number of carbonyl (C=O) groups is 1. The molecule has 0 saturated heterocycles. The van der Waals surface area contributed by atoms with Crippen LogP contribution in [0.5, 0.6) is 5.75 Å². The van der Waals surface area contributed by atoms with Gasteiger partial charge in [-0.1, -0.05) is 12.1 Å². The number of ether oxygens (including phenoxy) is 1. The molecule has 0 aliphatic carbocycles. The zero-order valence-corrected chi connectivity index (χ0v) is 13.9. The molecule has 1 aromatic carbocycles. The quantitative estimate of drug-likeness (QED) is 0.496. The first-order chi connectivity index (χ1) is 12.7. The van der Waals surface area contributed by atoms with Crippen LogP contribution in [-0.2, 0) is 0 Å². The van der Waals surface area contributed by atoms with Crippen molar-refractivity contribution in [3.63, 3.8) is 0 Å². The summed E-state index contributed by atoms with van der Waals surface area (Å²) >= 11 is 0. The molecule has 0 fully saturated rings. The van der Waals surface area contributed by atoms with E-state index in [1.165, 1.54) is 13.4 Å². The topological polar surface area (TPSA) is 127 Å². The molecule has 132 valence electrons. The fourth-order valence-corrected chi connectivity index (χ4v) is 2.18. The van der Waals surface area contributed by atoms with Crippen LogP contribution in [0.2, 0.25) is 0 Å². The number of nitrogens with one attached hydrogen (secondary N) is 3. The molecule has 0 spiro atoms. The standard InChI is InChI=1S/C17H17N7O2/c1-26-13-5-3-2-4-12(13)17(25)24-23-16-14(18)15(20-10-21-16)22-11-6-8-19-9-7-11/h2-10H,18H2,1H3,(H,24,25)(H2,19,20,21,22,23). The smallest absolute Gasteiger partial charge is 0.273 e. The number of hydrogen-bond acceptors (Lipinski definition) is 8. The Hall–Kier alpha value is -3.88. The summed E-state index contributed by atoms with van der Waals surface area (Å²) in [7, 11) is 1.50. The number of anilines is 4. The lowest BCUT2D eigenvalue weighted by Gasteiger charge is -2.14. The number of rotatable bonds is 6. The molecule has 2 heterocycles. The minimum atomic E-state index is -0.385. The second-order valence-electron chi connectivity index (χ2n) is 5.12. The minimum Gasteiger partial charge on any atom is -0.496 e. The van der Waals surface area contributed by atoms with E-state index in [2.05, 4.69) is 31.1 Å². The van der Waals surface area contributed by atoms with Gasteiger partial charge in [-0.2, -0.15) is 0 Å². The monoisotopic (exact) mass is 351 g/mol. The number of carbonyl (C=O) groups excluding carboxylic acids is 1. The van der Waals surface area contributed by atoms with Crippen LogP contribution in [0.3, 0.4) is 0 Å². The van der Waals surface area contributed by atoms with Crippen LogP contribution >= 0.6 is 0 Å². The van der Waals surface area contributed by atoms with Crippen LogP contribution in [0, 0.1) is 0 Å². The number of benzene rings is 1. The molecule has 5 N–H and O–H groups in total. The molecule has 2 aromatic heterocycles. The third-order valence-electron chi connectivity index (χ3n) is 3.47. The van der Waals surface area contributed by atoms with Crippen LogP contribution in [0.4, 0.5) is 23.0 Å². The van der Waals surface area contributed by atoms with E-state index in [1.54, 1.807) is 48.8 Å². The molecule has 0 radical (unpaired) electrons. The van der Waals surface area contributed by atoms with E-state index in [-0.39, 0.29) is 17.4 Å². The number of para-hydroxylation sites is 1. The average Bonchev–Trinajstić information content (AvgIpc) is 2.69. The van der Waals surface area contributed by atoms with Crippen molar-refractivity contribution in [2.45, 2.75) is 0 Å². The first kappa shape index (κ1) is 17.0. The zero-order valence-electron chi connectivity index (χ0n) is 13.9. The summed E-state index contributed by atoms with van der Waals surface area (Å²) in [4.78, 5) is 24.4. The van der Waals surface area contributed by atoms with Crippen LogP contribution in [0.15, 0.2) is 55.1 Å². The van der Waals surface area contributed by atoms with Gasteiger partial charge in [-0.15, -0.1) is 0 Å². The van der Waals surface area contributed by atoms with Gasteiger partial charge >= 0.3 is 0 Å². The first-order valence-corrected chi connectivity index (χ1v) is 7.66. The summed E-state index contributed by atoms with van der Waals surface area (Å²) < 4.78 is 5.17. The van der Waals surface area contributed by atoms with Crippen molar-refractivity contribution in [2.24, 2.45) is 0 Å². The molecule has 9 nitrogen and oxygen atoms in total. The number of aromatic nitrogens is 3. The first-order valence-electron chi connectivity index (χ1n) is 7.66. The fraction of sp³-hybridized carbons (Fsp3) is 0.0588. The Balaban J connectivity index is 1.72. The Bertz CT molecular complexity index is 903. The van der Waals surface area contributed by atoms with Crippen molar-refractivity contribution < 1.29 is 9.53 Å². The lowest BCUT2D eigenvalue weighted by molar-refractivity contribution is 0.0959. The van der Waals surface area contributed by atoms with Crippen LogP contribution in [-0.4, -0.2) is 28.0 Å². The van der Waals surface area contributed by atoms with Gasteiger partial charge < -0.3 is 15.8 Å². The van der Waals surface area contributed by atoms with Gasteiger partial charge in [0.25, 0.3) is 5.91 Å². The molecule has 26 heavy (non-hydrogen) atoms. The van der Waals surface area contributed by atoms with E-state index >= 15 is 0 Å². The maximum absolute atomic E-state index is 12.3. The Morgan fingerprint density at radius 3 is 2.58 bits per heavy atom. The molecule has 0 saturated carbocycles. The van der Waals surface area contributed by atoms with Gasteiger partial charge in [-0.25, -0.2) is 9.97 Å². The predicted octanol–water partition coefficient (Wildman–Crippen LogP) is 1.96. The van der Waals surface area contributed by atoms with E-state index in [1.807, 2.05) is 0 Å². The summed E-state index contributed by atoms with van der Waals surface area (Å²) in [5.74, 6) is 0.742. The molecule has 9 heteroatoms. The van der Waals surface area contributed by atoms with Gasteiger partial charge in [0.2, 0.25) is 0 Å². The van der Waals surface area contributed by atoms with E-state index < -0.39 is 0 Å². The maximum atomic E-state index is 12.3. The van der Waals surface area contributed by atoms with E-state index in [0.29, 0.717) is 17.1 Å². The predicted molar refractivity (Wildman–Crippen MR) is 98.0 cm³/mol. The Kier molecular flexibility index (Phi) is 5.08. The molecule has 0 unspecified atom stereocenters. The maximum Gasteiger partial charge on any atom is 0.273 e. The summed E-state index contributed by atoms with van der Waals surface area (Å²) in [6, 6.07) is 10.4. The minimum absolute atomic E-state index is 0.254. The lowest BCUT2D eigenvalue weighted by atomic mass is 10.2. The number of nitrogens with two attached hydrogens (primary N) is 1.